The molecule has 1 unspecified atom stereocenters. The molecule has 0 amide bonds. The smallest absolute Gasteiger partial charge is 0.0475 e. The molecule has 2 aromatic rings. The van der Waals surface area contributed by atoms with Crippen molar-refractivity contribution in [3.63, 3.8) is 0 Å². The number of hydrogen-bond donors (Lipinski definition) is 1. The van der Waals surface area contributed by atoms with E-state index in [0.717, 1.165) is 6.54 Å². The molecule has 1 atom stereocenters. The summed E-state index contributed by atoms with van der Waals surface area (Å²) in [7, 11) is 2.09. The Balaban J connectivity index is 2.10. The summed E-state index contributed by atoms with van der Waals surface area (Å²) in [6.45, 7) is 7.16. The molecule has 2 rings (SSSR count). The van der Waals surface area contributed by atoms with Crippen molar-refractivity contribution < 1.29 is 0 Å². The number of benzene rings is 2. The first-order valence-electron chi connectivity index (χ1n) is 7.08. The Morgan fingerprint density at radius 2 is 1.55 bits per heavy atom. The van der Waals surface area contributed by atoms with Gasteiger partial charge >= 0.3 is 0 Å². The van der Waals surface area contributed by atoms with E-state index in [-0.39, 0.29) is 6.04 Å². The van der Waals surface area contributed by atoms with Crippen molar-refractivity contribution >= 4 is 5.69 Å². The van der Waals surface area contributed by atoms with Gasteiger partial charge in [-0.3, -0.25) is 0 Å². The van der Waals surface area contributed by atoms with Crippen LogP contribution in [0.4, 0.5) is 5.69 Å². The maximum atomic E-state index is 6.37. The molecule has 0 aliphatic carbocycles. The van der Waals surface area contributed by atoms with Gasteiger partial charge in [0.25, 0.3) is 0 Å². The van der Waals surface area contributed by atoms with Gasteiger partial charge in [0, 0.05) is 25.3 Å². The van der Waals surface area contributed by atoms with Crippen LogP contribution in [0.15, 0.2) is 42.5 Å². The molecule has 0 aliphatic rings. The Kier molecular flexibility index (Phi) is 4.46. The third-order valence-corrected chi connectivity index (χ3v) is 3.77. The number of hydrogen-bond acceptors (Lipinski definition) is 2. The molecule has 0 heterocycles. The molecule has 0 aliphatic heterocycles. The molecular weight excluding hydrogens is 244 g/mol. The van der Waals surface area contributed by atoms with Crippen molar-refractivity contribution in [3.8, 4) is 0 Å². The molecule has 0 saturated carbocycles. The lowest BCUT2D eigenvalue weighted by Crippen LogP contribution is -2.29. The first kappa shape index (κ1) is 14.6. The zero-order valence-electron chi connectivity index (χ0n) is 12.9. The molecule has 0 saturated heterocycles. The van der Waals surface area contributed by atoms with Gasteiger partial charge in [-0.05, 0) is 44.0 Å². The molecule has 0 aromatic heterocycles. The minimum Gasteiger partial charge on any atom is -0.373 e. The second kappa shape index (κ2) is 6.10. The molecule has 2 nitrogen and oxygen atoms in total. The molecular formula is C18H24N2. The molecule has 0 bridgehead atoms. The Bertz CT molecular complexity index is 572. The van der Waals surface area contributed by atoms with Crippen LogP contribution >= 0.6 is 0 Å². The number of aryl methyl sites for hydroxylation is 3. The SMILES string of the molecule is Cc1ccc(N(C)CC(N)c2ccc(C)cc2C)cc1. The first-order chi connectivity index (χ1) is 9.47. The topological polar surface area (TPSA) is 29.3 Å². The van der Waals surface area contributed by atoms with Gasteiger partial charge in [-0.1, -0.05) is 41.5 Å². The summed E-state index contributed by atoms with van der Waals surface area (Å²) in [5.41, 5.74) is 12.6. The largest absolute Gasteiger partial charge is 0.373 e. The van der Waals surface area contributed by atoms with Crippen LogP contribution in [0.5, 0.6) is 0 Å². The maximum absolute atomic E-state index is 6.37. The van der Waals surface area contributed by atoms with Crippen LogP contribution in [0.3, 0.4) is 0 Å². The maximum Gasteiger partial charge on any atom is 0.0475 e. The fourth-order valence-corrected chi connectivity index (χ4v) is 2.54. The van der Waals surface area contributed by atoms with Gasteiger partial charge in [-0.15, -0.1) is 0 Å². The molecule has 0 spiro atoms. The van der Waals surface area contributed by atoms with Gasteiger partial charge in [0.05, 0.1) is 0 Å². The average molecular weight is 268 g/mol. The van der Waals surface area contributed by atoms with Crippen LogP contribution in [0, 0.1) is 20.8 Å². The van der Waals surface area contributed by atoms with E-state index in [9.17, 15) is 0 Å². The second-order valence-corrected chi connectivity index (χ2v) is 5.68. The van der Waals surface area contributed by atoms with Crippen LogP contribution in [-0.2, 0) is 0 Å². The van der Waals surface area contributed by atoms with Crippen LogP contribution in [-0.4, -0.2) is 13.6 Å². The summed E-state index contributed by atoms with van der Waals surface area (Å²) in [5.74, 6) is 0. The fourth-order valence-electron chi connectivity index (χ4n) is 2.54. The highest BCUT2D eigenvalue weighted by Gasteiger charge is 2.12. The predicted octanol–water partition coefficient (Wildman–Crippen LogP) is 3.75. The third kappa shape index (κ3) is 3.40. The number of nitrogens with zero attached hydrogens (tertiary/aromatic N) is 1. The minimum absolute atomic E-state index is 0.0295. The Morgan fingerprint density at radius 3 is 2.15 bits per heavy atom. The van der Waals surface area contributed by atoms with Crippen molar-refractivity contribution in [2.75, 3.05) is 18.5 Å². The van der Waals surface area contributed by atoms with E-state index in [2.05, 4.69) is 75.2 Å². The van der Waals surface area contributed by atoms with Gasteiger partial charge in [-0.25, -0.2) is 0 Å². The van der Waals surface area contributed by atoms with Crippen molar-refractivity contribution in [3.05, 3.63) is 64.7 Å². The summed E-state index contributed by atoms with van der Waals surface area (Å²) in [6, 6.07) is 15.1. The number of nitrogens with two attached hydrogens (primary N) is 1. The van der Waals surface area contributed by atoms with Crippen LogP contribution < -0.4 is 10.6 Å². The van der Waals surface area contributed by atoms with E-state index in [4.69, 9.17) is 5.73 Å². The predicted molar refractivity (Wildman–Crippen MR) is 87.3 cm³/mol. The summed E-state index contributed by atoms with van der Waals surface area (Å²) in [4.78, 5) is 2.21. The number of anilines is 1. The van der Waals surface area contributed by atoms with Crippen LogP contribution in [0.2, 0.25) is 0 Å². The quantitative estimate of drug-likeness (QED) is 0.915. The van der Waals surface area contributed by atoms with E-state index in [0.29, 0.717) is 0 Å². The lowest BCUT2D eigenvalue weighted by atomic mass is 9.99. The van der Waals surface area contributed by atoms with E-state index in [1.807, 2.05) is 0 Å². The highest BCUT2D eigenvalue weighted by molar-refractivity contribution is 5.47. The van der Waals surface area contributed by atoms with Gasteiger partial charge in [0.1, 0.15) is 0 Å². The van der Waals surface area contributed by atoms with Crippen molar-refractivity contribution in [2.24, 2.45) is 5.73 Å². The summed E-state index contributed by atoms with van der Waals surface area (Å²) in [6.07, 6.45) is 0. The standard InChI is InChI=1S/C18H24N2/c1-13-5-8-16(9-6-13)20(4)12-18(19)17-10-7-14(2)11-15(17)3/h5-11,18H,12,19H2,1-4H3. The minimum atomic E-state index is 0.0295. The Hall–Kier alpha value is -1.80. The van der Waals surface area contributed by atoms with Gasteiger partial charge in [0.2, 0.25) is 0 Å². The zero-order chi connectivity index (χ0) is 14.7. The number of rotatable bonds is 4. The third-order valence-electron chi connectivity index (χ3n) is 3.77. The summed E-state index contributed by atoms with van der Waals surface area (Å²) in [5, 5.41) is 0. The van der Waals surface area contributed by atoms with Crippen LogP contribution in [0.1, 0.15) is 28.3 Å². The highest BCUT2D eigenvalue weighted by Crippen LogP contribution is 2.20. The van der Waals surface area contributed by atoms with Crippen molar-refractivity contribution in [1.82, 2.24) is 0 Å². The molecule has 106 valence electrons. The Morgan fingerprint density at radius 1 is 0.950 bits per heavy atom. The van der Waals surface area contributed by atoms with E-state index >= 15 is 0 Å². The monoisotopic (exact) mass is 268 g/mol. The van der Waals surface area contributed by atoms with E-state index < -0.39 is 0 Å². The molecule has 0 fully saturated rings. The van der Waals surface area contributed by atoms with E-state index in [1.165, 1.54) is 27.9 Å². The molecule has 2 N–H and O–H groups in total. The zero-order valence-corrected chi connectivity index (χ0v) is 12.9. The normalized spacial score (nSPS) is 12.2. The Labute approximate surface area is 122 Å². The van der Waals surface area contributed by atoms with Gasteiger partial charge < -0.3 is 10.6 Å². The van der Waals surface area contributed by atoms with E-state index in [1.54, 1.807) is 0 Å². The number of likely N-dealkylation sites (N-methyl/N-ethyl adjacent to an activating group) is 1. The molecule has 2 aromatic carbocycles. The average Bonchev–Trinajstić information content (AvgIpc) is 2.39. The van der Waals surface area contributed by atoms with Crippen LogP contribution in [0.25, 0.3) is 0 Å². The van der Waals surface area contributed by atoms with Crippen molar-refractivity contribution in [1.29, 1.82) is 0 Å². The molecule has 2 heteroatoms. The summed E-state index contributed by atoms with van der Waals surface area (Å²) >= 11 is 0. The molecule has 20 heavy (non-hydrogen) atoms. The lowest BCUT2D eigenvalue weighted by Gasteiger charge is -2.25. The lowest BCUT2D eigenvalue weighted by molar-refractivity contribution is 0.699. The van der Waals surface area contributed by atoms with Crippen molar-refractivity contribution in [2.45, 2.75) is 26.8 Å². The van der Waals surface area contributed by atoms with Gasteiger partial charge in [0.15, 0.2) is 0 Å². The highest BCUT2D eigenvalue weighted by atomic mass is 15.1. The summed E-state index contributed by atoms with van der Waals surface area (Å²) < 4.78 is 0. The fraction of sp³-hybridized carbons (Fsp3) is 0.333. The second-order valence-electron chi connectivity index (χ2n) is 5.68. The van der Waals surface area contributed by atoms with Gasteiger partial charge in [-0.2, -0.15) is 0 Å². The molecule has 0 radical (unpaired) electrons. The first-order valence-corrected chi connectivity index (χ1v) is 7.08.